The maximum absolute atomic E-state index is 12.6. The van der Waals surface area contributed by atoms with Crippen molar-refractivity contribution >= 4 is 17.5 Å². The number of halogens is 1. The van der Waals surface area contributed by atoms with Crippen molar-refractivity contribution in [1.82, 2.24) is 20.0 Å². The normalized spacial score (nSPS) is 10.8. The summed E-state index contributed by atoms with van der Waals surface area (Å²) in [6.07, 6.45) is 0. The number of carbonyl (C=O) groups is 1. The van der Waals surface area contributed by atoms with Gasteiger partial charge in [0.15, 0.2) is 0 Å². The van der Waals surface area contributed by atoms with Crippen LogP contribution in [0.4, 0.5) is 0 Å². The Morgan fingerprint density at radius 1 is 1.30 bits per heavy atom. The molecule has 0 saturated carbocycles. The number of benzene rings is 1. The minimum absolute atomic E-state index is 0.0117. The van der Waals surface area contributed by atoms with E-state index in [0.717, 1.165) is 23.5 Å². The molecule has 1 amide bonds. The second-order valence-electron chi connectivity index (χ2n) is 5.66. The molecule has 0 atom stereocenters. The Morgan fingerprint density at radius 3 is 2.57 bits per heavy atom. The molecule has 2 rings (SSSR count). The third-order valence-corrected chi connectivity index (χ3v) is 4.14. The SMILES string of the molecule is CNCCN(C)C(=O)c1c(C)nn(Cc2ccc(Cl)cc2)c1C. The monoisotopic (exact) mass is 334 g/mol. The van der Waals surface area contributed by atoms with Gasteiger partial charge in [0.1, 0.15) is 0 Å². The summed E-state index contributed by atoms with van der Waals surface area (Å²) in [6, 6.07) is 7.67. The van der Waals surface area contributed by atoms with Crippen LogP contribution in [-0.2, 0) is 6.54 Å². The molecule has 1 aromatic heterocycles. The lowest BCUT2D eigenvalue weighted by Gasteiger charge is -2.17. The molecule has 0 spiro atoms. The van der Waals surface area contributed by atoms with Crippen LogP contribution in [0, 0.1) is 13.8 Å². The molecule has 1 N–H and O–H groups in total. The van der Waals surface area contributed by atoms with E-state index in [0.29, 0.717) is 23.7 Å². The first-order valence-electron chi connectivity index (χ1n) is 7.62. The lowest BCUT2D eigenvalue weighted by atomic mass is 10.1. The second-order valence-corrected chi connectivity index (χ2v) is 6.10. The van der Waals surface area contributed by atoms with E-state index in [-0.39, 0.29) is 5.91 Å². The van der Waals surface area contributed by atoms with Crippen LogP contribution in [0.15, 0.2) is 24.3 Å². The summed E-state index contributed by atoms with van der Waals surface area (Å²) in [7, 11) is 3.69. The van der Waals surface area contributed by atoms with Gasteiger partial charge in [0.2, 0.25) is 0 Å². The average molecular weight is 335 g/mol. The summed E-state index contributed by atoms with van der Waals surface area (Å²) >= 11 is 5.92. The first-order valence-corrected chi connectivity index (χ1v) is 8.00. The van der Waals surface area contributed by atoms with Gasteiger partial charge in [-0.1, -0.05) is 23.7 Å². The molecule has 1 aromatic carbocycles. The first-order chi connectivity index (χ1) is 10.9. The van der Waals surface area contributed by atoms with Gasteiger partial charge in [-0.3, -0.25) is 9.48 Å². The summed E-state index contributed by atoms with van der Waals surface area (Å²) < 4.78 is 1.87. The Bertz CT molecular complexity index is 679. The highest BCUT2D eigenvalue weighted by Crippen LogP contribution is 2.17. The fourth-order valence-electron chi connectivity index (χ4n) is 2.50. The van der Waals surface area contributed by atoms with Crippen molar-refractivity contribution in [2.24, 2.45) is 0 Å². The Hall–Kier alpha value is -1.85. The van der Waals surface area contributed by atoms with Crippen LogP contribution in [0.5, 0.6) is 0 Å². The van der Waals surface area contributed by atoms with Gasteiger partial charge in [0.25, 0.3) is 5.91 Å². The standard InChI is InChI=1S/C17H23ClN4O/c1-12-16(17(23)21(4)10-9-19-3)13(2)22(20-12)11-14-5-7-15(18)8-6-14/h5-8,19H,9-11H2,1-4H3. The van der Waals surface area contributed by atoms with E-state index < -0.39 is 0 Å². The third-order valence-electron chi connectivity index (χ3n) is 3.88. The highest BCUT2D eigenvalue weighted by molar-refractivity contribution is 6.30. The van der Waals surface area contributed by atoms with Gasteiger partial charge in [-0.2, -0.15) is 5.10 Å². The van der Waals surface area contributed by atoms with Gasteiger partial charge in [0.05, 0.1) is 17.8 Å². The molecule has 0 bridgehead atoms. The molecular weight excluding hydrogens is 312 g/mol. The number of aromatic nitrogens is 2. The molecular formula is C17H23ClN4O. The number of aryl methyl sites for hydroxylation is 1. The van der Waals surface area contributed by atoms with E-state index in [9.17, 15) is 4.79 Å². The summed E-state index contributed by atoms with van der Waals surface area (Å²) in [4.78, 5) is 14.4. The van der Waals surface area contributed by atoms with E-state index in [1.165, 1.54) is 0 Å². The summed E-state index contributed by atoms with van der Waals surface area (Å²) in [5, 5.41) is 8.30. The van der Waals surface area contributed by atoms with Crippen LogP contribution in [0.3, 0.4) is 0 Å². The van der Waals surface area contributed by atoms with Gasteiger partial charge < -0.3 is 10.2 Å². The van der Waals surface area contributed by atoms with Crippen molar-refractivity contribution in [3.05, 3.63) is 51.8 Å². The Kier molecular flexibility index (Phi) is 5.80. The first kappa shape index (κ1) is 17.5. The lowest BCUT2D eigenvalue weighted by molar-refractivity contribution is 0.0795. The van der Waals surface area contributed by atoms with Crippen LogP contribution in [0.2, 0.25) is 5.02 Å². The molecule has 0 radical (unpaired) electrons. The van der Waals surface area contributed by atoms with Crippen molar-refractivity contribution in [1.29, 1.82) is 0 Å². The summed E-state index contributed by atoms with van der Waals surface area (Å²) in [5.74, 6) is 0.0117. The number of rotatable bonds is 6. The fourth-order valence-corrected chi connectivity index (χ4v) is 2.62. The van der Waals surface area contributed by atoms with E-state index in [4.69, 9.17) is 11.6 Å². The number of carbonyl (C=O) groups excluding carboxylic acids is 1. The zero-order chi connectivity index (χ0) is 17.0. The molecule has 0 aliphatic rings. The lowest BCUT2D eigenvalue weighted by Crippen LogP contribution is -2.33. The molecule has 5 nitrogen and oxygen atoms in total. The Morgan fingerprint density at radius 2 is 1.96 bits per heavy atom. The maximum Gasteiger partial charge on any atom is 0.257 e. The summed E-state index contributed by atoms with van der Waals surface area (Å²) in [5.41, 5.74) is 3.44. The Balaban J connectivity index is 2.21. The van der Waals surface area contributed by atoms with Crippen LogP contribution in [0.25, 0.3) is 0 Å². The van der Waals surface area contributed by atoms with Crippen LogP contribution < -0.4 is 5.32 Å². The topological polar surface area (TPSA) is 50.2 Å². The second kappa shape index (κ2) is 7.62. The largest absolute Gasteiger partial charge is 0.340 e. The number of hydrogen-bond acceptors (Lipinski definition) is 3. The summed E-state index contributed by atoms with van der Waals surface area (Å²) in [6.45, 7) is 5.87. The fraction of sp³-hybridized carbons (Fsp3) is 0.412. The van der Waals surface area contributed by atoms with Gasteiger partial charge in [0, 0.05) is 30.9 Å². The van der Waals surface area contributed by atoms with E-state index >= 15 is 0 Å². The number of likely N-dealkylation sites (N-methyl/N-ethyl adjacent to an activating group) is 2. The van der Waals surface area contributed by atoms with Crippen molar-refractivity contribution in [3.8, 4) is 0 Å². The van der Waals surface area contributed by atoms with Crippen LogP contribution in [-0.4, -0.2) is 47.8 Å². The van der Waals surface area contributed by atoms with Crippen LogP contribution >= 0.6 is 11.6 Å². The molecule has 1 heterocycles. The number of nitrogens with zero attached hydrogens (tertiary/aromatic N) is 3. The zero-order valence-electron chi connectivity index (χ0n) is 14.1. The molecule has 0 aliphatic carbocycles. The molecule has 0 unspecified atom stereocenters. The van der Waals surface area contributed by atoms with E-state index in [1.54, 1.807) is 4.90 Å². The molecule has 0 saturated heterocycles. The molecule has 2 aromatic rings. The van der Waals surface area contributed by atoms with Gasteiger partial charge >= 0.3 is 0 Å². The molecule has 0 fully saturated rings. The predicted molar refractivity (Wildman–Crippen MR) is 93.1 cm³/mol. The van der Waals surface area contributed by atoms with E-state index in [2.05, 4.69) is 10.4 Å². The predicted octanol–water partition coefficient (Wildman–Crippen LogP) is 2.49. The number of nitrogens with one attached hydrogen (secondary N) is 1. The zero-order valence-corrected chi connectivity index (χ0v) is 14.8. The van der Waals surface area contributed by atoms with Gasteiger partial charge in [-0.05, 0) is 38.6 Å². The average Bonchev–Trinajstić information content (AvgIpc) is 2.80. The smallest absolute Gasteiger partial charge is 0.257 e. The van der Waals surface area contributed by atoms with E-state index in [1.807, 2.05) is 56.9 Å². The maximum atomic E-state index is 12.6. The van der Waals surface area contributed by atoms with Crippen molar-refractivity contribution in [3.63, 3.8) is 0 Å². The molecule has 6 heteroatoms. The quantitative estimate of drug-likeness (QED) is 0.883. The Labute approximate surface area is 142 Å². The molecule has 124 valence electrons. The number of amides is 1. The van der Waals surface area contributed by atoms with Gasteiger partial charge in [-0.15, -0.1) is 0 Å². The minimum Gasteiger partial charge on any atom is -0.340 e. The van der Waals surface area contributed by atoms with Crippen molar-refractivity contribution in [2.75, 3.05) is 27.2 Å². The van der Waals surface area contributed by atoms with Crippen LogP contribution in [0.1, 0.15) is 27.3 Å². The highest BCUT2D eigenvalue weighted by Gasteiger charge is 2.21. The number of hydrogen-bond donors (Lipinski definition) is 1. The highest BCUT2D eigenvalue weighted by atomic mass is 35.5. The van der Waals surface area contributed by atoms with Crippen molar-refractivity contribution < 1.29 is 4.79 Å². The third kappa shape index (κ3) is 4.12. The molecule has 0 aliphatic heterocycles. The molecule has 23 heavy (non-hydrogen) atoms. The van der Waals surface area contributed by atoms with Crippen molar-refractivity contribution in [2.45, 2.75) is 20.4 Å². The van der Waals surface area contributed by atoms with Gasteiger partial charge in [-0.25, -0.2) is 0 Å². The minimum atomic E-state index is 0.0117.